The van der Waals surface area contributed by atoms with Gasteiger partial charge in [0, 0.05) is 11.1 Å². The van der Waals surface area contributed by atoms with Crippen LogP contribution in [-0.4, -0.2) is 15.9 Å². The van der Waals surface area contributed by atoms with Gasteiger partial charge in [-0.3, -0.25) is 9.78 Å². The molecule has 1 heterocycles. The Bertz CT molecular complexity index is 1240. The molecule has 0 fully saturated rings. The highest BCUT2D eigenvalue weighted by Crippen LogP contribution is 2.31. The van der Waals surface area contributed by atoms with Crippen LogP contribution in [0.4, 0.5) is 0 Å². The third kappa shape index (κ3) is 3.36. The summed E-state index contributed by atoms with van der Waals surface area (Å²) in [5.41, 5.74) is 6.07. The van der Waals surface area contributed by atoms with Crippen LogP contribution in [0.3, 0.4) is 0 Å². The number of hydrogen-bond donors (Lipinski definition) is 1. The number of amides is 1. The zero-order valence-corrected chi connectivity index (χ0v) is 16.4. The van der Waals surface area contributed by atoms with E-state index in [9.17, 15) is 4.79 Å². The minimum atomic E-state index is -0.0921. The summed E-state index contributed by atoms with van der Waals surface area (Å²) in [5, 5.41) is 3.79. The second-order valence-electron chi connectivity index (χ2n) is 7.20. The Kier molecular flexibility index (Phi) is 4.49. The van der Waals surface area contributed by atoms with Crippen molar-refractivity contribution in [3.63, 3.8) is 0 Å². The molecule has 3 aromatic carbocycles. The largest absolute Gasteiger partial charge is 0.345 e. The van der Waals surface area contributed by atoms with E-state index in [-0.39, 0.29) is 11.9 Å². The Morgan fingerprint density at radius 1 is 1.00 bits per heavy atom. The van der Waals surface area contributed by atoms with Gasteiger partial charge in [0.15, 0.2) is 0 Å². The van der Waals surface area contributed by atoms with Gasteiger partial charge in [-0.1, -0.05) is 54.1 Å². The molecule has 0 saturated carbocycles. The van der Waals surface area contributed by atoms with Crippen molar-refractivity contribution < 1.29 is 4.79 Å². The molecule has 5 rings (SSSR count). The summed E-state index contributed by atoms with van der Waals surface area (Å²) in [7, 11) is 0. The summed E-state index contributed by atoms with van der Waals surface area (Å²) in [6.45, 7) is 0. The fraction of sp³-hybridized carbons (Fsp3) is 0.125. The number of aromatic nitrogens is 2. The van der Waals surface area contributed by atoms with Gasteiger partial charge >= 0.3 is 0 Å². The SMILES string of the molecule is O=C(NC1CCc2ccccc21)c1ccc2nc(-c3ccccc3Cl)cnc2c1. The maximum Gasteiger partial charge on any atom is 0.251 e. The Balaban J connectivity index is 1.41. The molecule has 4 aromatic rings. The quantitative estimate of drug-likeness (QED) is 0.504. The predicted molar refractivity (Wildman–Crippen MR) is 115 cm³/mol. The average Bonchev–Trinajstić information content (AvgIpc) is 3.16. The van der Waals surface area contributed by atoms with E-state index in [1.54, 1.807) is 18.3 Å². The minimum absolute atomic E-state index is 0.0584. The lowest BCUT2D eigenvalue weighted by atomic mass is 10.1. The fourth-order valence-corrected chi connectivity index (χ4v) is 4.13. The smallest absolute Gasteiger partial charge is 0.251 e. The molecule has 5 heteroatoms. The molecule has 0 spiro atoms. The number of rotatable bonds is 3. The van der Waals surface area contributed by atoms with Gasteiger partial charge in [-0.15, -0.1) is 0 Å². The number of carbonyl (C=O) groups is 1. The van der Waals surface area contributed by atoms with Crippen molar-refractivity contribution in [2.24, 2.45) is 0 Å². The lowest BCUT2D eigenvalue weighted by Crippen LogP contribution is -2.27. The van der Waals surface area contributed by atoms with Crippen molar-refractivity contribution in [1.29, 1.82) is 0 Å². The number of nitrogens with zero attached hydrogens (tertiary/aromatic N) is 2. The Morgan fingerprint density at radius 2 is 1.83 bits per heavy atom. The van der Waals surface area contributed by atoms with Gasteiger partial charge in [0.25, 0.3) is 5.91 Å². The van der Waals surface area contributed by atoms with Gasteiger partial charge in [0.05, 0.1) is 34.0 Å². The van der Waals surface area contributed by atoms with Crippen LogP contribution in [-0.2, 0) is 6.42 Å². The van der Waals surface area contributed by atoms with Crippen LogP contribution < -0.4 is 5.32 Å². The number of halogens is 1. The van der Waals surface area contributed by atoms with Crippen LogP contribution in [0.1, 0.15) is 33.9 Å². The molecule has 1 atom stereocenters. The molecule has 1 aliphatic rings. The second-order valence-corrected chi connectivity index (χ2v) is 7.61. The number of carbonyl (C=O) groups excluding carboxylic acids is 1. The van der Waals surface area contributed by atoms with Crippen LogP contribution in [0.15, 0.2) is 72.9 Å². The number of benzene rings is 3. The normalized spacial score (nSPS) is 15.3. The molecule has 1 aromatic heterocycles. The number of hydrogen-bond acceptors (Lipinski definition) is 3. The van der Waals surface area contributed by atoms with Crippen molar-refractivity contribution in [3.05, 3.63) is 94.6 Å². The van der Waals surface area contributed by atoms with Crippen LogP contribution in [0, 0.1) is 0 Å². The summed E-state index contributed by atoms with van der Waals surface area (Å²) >= 11 is 6.27. The second kappa shape index (κ2) is 7.30. The van der Waals surface area contributed by atoms with Crippen molar-refractivity contribution in [3.8, 4) is 11.3 Å². The fourth-order valence-electron chi connectivity index (χ4n) is 3.90. The molecule has 1 N–H and O–H groups in total. The highest BCUT2D eigenvalue weighted by Gasteiger charge is 2.24. The molecule has 29 heavy (non-hydrogen) atoms. The number of fused-ring (bicyclic) bond motifs is 2. The van der Waals surface area contributed by atoms with E-state index in [4.69, 9.17) is 11.6 Å². The summed E-state index contributed by atoms with van der Waals surface area (Å²) in [6, 6.07) is 21.3. The molecule has 0 bridgehead atoms. The first-order valence-electron chi connectivity index (χ1n) is 9.59. The third-order valence-electron chi connectivity index (χ3n) is 5.39. The predicted octanol–water partition coefficient (Wildman–Crippen LogP) is 5.37. The van der Waals surface area contributed by atoms with E-state index in [1.807, 2.05) is 42.5 Å². The lowest BCUT2D eigenvalue weighted by molar-refractivity contribution is 0.0937. The summed E-state index contributed by atoms with van der Waals surface area (Å²) in [6.07, 6.45) is 3.62. The standard InChI is InChI=1S/C24H18ClN3O/c25-19-8-4-3-7-18(19)23-14-26-22-13-16(10-12-21(22)27-23)24(29)28-20-11-9-15-5-1-2-6-17(15)20/h1-8,10,12-14,20H,9,11H2,(H,28,29). The zero-order valence-electron chi connectivity index (χ0n) is 15.6. The molecule has 1 aliphatic carbocycles. The van der Waals surface area contributed by atoms with E-state index >= 15 is 0 Å². The van der Waals surface area contributed by atoms with Crippen molar-refractivity contribution in [1.82, 2.24) is 15.3 Å². The van der Waals surface area contributed by atoms with Crippen LogP contribution in [0.2, 0.25) is 5.02 Å². The highest BCUT2D eigenvalue weighted by molar-refractivity contribution is 6.33. The topological polar surface area (TPSA) is 54.9 Å². The monoisotopic (exact) mass is 399 g/mol. The highest BCUT2D eigenvalue weighted by atomic mass is 35.5. The van der Waals surface area contributed by atoms with Gasteiger partial charge < -0.3 is 5.32 Å². The Morgan fingerprint density at radius 3 is 2.72 bits per heavy atom. The number of aryl methyl sites for hydroxylation is 1. The van der Waals surface area contributed by atoms with Crippen molar-refractivity contribution in [2.45, 2.75) is 18.9 Å². The van der Waals surface area contributed by atoms with Crippen molar-refractivity contribution in [2.75, 3.05) is 0 Å². The summed E-state index contributed by atoms with van der Waals surface area (Å²) < 4.78 is 0. The molecule has 0 saturated heterocycles. The van der Waals surface area contributed by atoms with E-state index in [2.05, 4.69) is 27.4 Å². The molecule has 1 amide bonds. The first-order valence-corrected chi connectivity index (χ1v) is 9.97. The van der Waals surface area contributed by atoms with Gasteiger partial charge in [-0.25, -0.2) is 4.98 Å². The van der Waals surface area contributed by atoms with Crippen LogP contribution in [0.25, 0.3) is 22.3 Å². The average molecular weight is 400 g/mol. The maximum absolute atomic E-state index is 12.8. The minimum Gasteiger partial charge on any atom is -0.345 e. The summed E-state index contributed by atoms with van der Waals surface area (Å²) in [4.78, 5) is 22.0. The van der Waals surface area contributed by atoms with E-state index in [0.717, 1.165) is 23.9 Å². The van der Waals surface area contributed by atoms with Crippen LogP contribution in [0.5, 0.6) is 0 Å². The summed E-state index contributed by atoms with van der Waals surface area (Å²) in [5.74, 6) is -0.0921. The van der Waals surface area contributed by atoms with E-state index in [1.165, 1.54) is 11.1 Å². The van der Waals surface area contributed by atoms with E-state index < -0.39 is 0 Å². The Labute approximate surface area is 173 Å². The van der Waals surface area contributed by atoms with E-state index in [0.29, 0.717) is 21.8 Å². The first kappa shape index (κ1) is 17.8. The molecule has 0 aliphatic heterocycles. The molecule has 1 unspecified atom stereocenters. The molecular weight excluding hydrogens is 382 g/mol. The first-order chi connectivity index (χ1) is 14.2. The lowest BCUT2D eigenvalue weighted by Gasteiger charge is -2.14. The number of nitrogens with one attached hydrogen (secondary N) is 1. The van der Waals surface area contributed by atoms with Crippen molar-refractivity contribution >= 4 is 28.5 Å². The maximum atomic E-state index is 12.8. The molecule has 142 valence electrons. The van der Waals surface area contributed by atoms with Gasteiger partial charge in [-0.05, 0) is 48.2 Å². The van der Waals surface area contributed by atoms with Gasteiger partial charge in [0.1, 0.15) is 0 Å². The zero-order chi connectivity index (χ0) is 19.8. The molecule has 0 radical (unpaired) electrons. The Hall–Kier alpha value is -3.24. The van der Waals surface area contributed by atoms with Gasteiger partial charge in [-0.2, -0.15) is 0 Å². The molecule has 4 nitrogen and oxygen atoms in total. The molecular formula is C24H18ClN3O. The third-order valence-corrected chi connectivity index (χ3v) is 5.72. The van der Waals surface area contributed by atoms with Crippen LogP contribution >= 0.6 is 11.6 Å². The van der Waals surface area contributed by atoms with Gasteiger partial charge in [0.2, 0.25) is 0 Å².